The Morgan fingerprint density at radius 2 is 1.86 bits per heavy atom. The average Bonchev–Trinajstić information content (AvgIpc) is 2.88. The van der Waals surface area contributed by atoms with Gasteiger partial charge in [0.2, 0.25) is 0 Å². The molecule has 2 amide bonds. The first-order chi connectivity index (χ1) is 9.93. The molecule has 0 aromatic rings. The second kappa shape index (κ2) is 6.62. The number of nitrogens with zero attached hydrogens (tertiary/aromatic N) is 3. The number of carbonyl (C=O) groups is 2. The molecule has 3 atom stereocenters. The van der Waals surface area contributed by atoms with Gasteiger partial charge in [-0.2, -0.15) is 0 Å². The van der Waals surface area contributed by atoms with Crippen LogP contribution in [0.15, 0.2) is 0 Å². The fourth-order valence-corrected chi connectivity index (χ4v) is 3.05. The number of carboxylic acid groups (broad SMARTS) is 1. The van der Waals surface area contributed by atoms with E-state index < -0.39 is 18.1 Å². The van der Waals surface area contributed by atoms with E-state index >= 15 is 0 Å². The molecular weight excluding hydrogens is 274 g/mol. The number of β-amino-alcohol motifs (C(OH)–C–C–N with tert-alkyl or cyclic N) is 1. The van der Waals surface area contributed by atoms with Crippen LogP contribution in [0.3, 0.4) is 0 Å². The summed E-state index contributed by atoms with van der Waals surface area (Å²) < 4.78 is 0. The Kier molecular flexibility index (Phi) is 5.05. The molecule has 0 saturated carbocycles. The average molecular weight is 299 g/mol. The van der Waals surface area contributed by atoms with E-state index in [1.165, 1.54) is 4.90 Å². The zero-order valence-corrected chi connectivity index (χ0v) is 12.7. The molecule has 0 aromatic heterocycles. The van der Waals surface area contributed by atoms with Gasteiger partial charge in [0, 0.05) is 45.2 Å². The van der Waals surface area contributed by atoms with Gasteiger partial charge in [-0.1, -0.05) is 6.92 Å². The molecule has 0 radical (unpaired) electrons. The number of likely N-dealkylation sites (tertiary alicyclic amines) is 1. The van der Waals surface area contributed by atoms with E-state index in [9.17, 15) is 14.7 Å². The van der Waals surface area contributed by atoms with Crippen LogP contribution in [-0.4, -0.2) is 87.8 Å². The maximum absolute atomic E-state index is 12.5. The molecule has 120 valence electrons. The lowest BCUT2D eigenvalue weighted by Gasteiger charge is -2.39. The number of amides is 2. The molecule has 2 heterocycles. The van der Waals surface area contributed by atoms with Crippen LogP contribution in [0.4, 0.5) is 4.79 Å². The van der Waals surface area contributed by atoms with Crippen LogP contribution in [0.2, 0.25) is 0 Å². The summed E-state index contributed by atoms with van der Waals surface area (Å²) in [6, 6.07) is -0.662. The molecular formula is C14H25N3O4. The lowest BCUT2D eigenvalue weighted by atomic mass is 10.2. The summed E-state index contributed by atoms with van der Waals surface area (Å²) in [6.45, 7) is 7.29. The van der Waals surface area contributed by atoms with Gasteiger partial charge < -0.3 is 20.0 Å². The quantitative estimate of drug-likeness (QED) is 0.769. The SMILES string of the molecule is CCC(C)N1CCN(C(=O)N2CC(O)CC2C(=O)O)CC1. The summed E-state index contributed by atoms with van der Waals surface area (Å²) in [4.78, 5) is 29.0. The first-order valence-electron chi connectivity index (χ1n) is 7.64. The Balaban J connectivity index is 1.94. The Bertz CT molecular complexity index is 396. The fourth-order valence-electron chi connectivity index (χ4n) is 3.05. The van der Waals surface area contributed by atoms with Crippen molar-refractivity contribution in [3.8, 4) is 0 Å². The molecule has 3 unspecified atom stereocenters. The third-order valence-electron chi connectivity index (χ3n) is 4.61. The van der Waals surface area contributed by atoms with Gasteiger partial charge in [-0.3, -0.25) is 4.90 Å². The Labute approximate surface area is 125 Å². The third kappa shape index (κ3) is 3.47. The predicted molar refractivity (Wildman–Crippen MR) is 77.0 cm³/mol. The van der Waals surface area contributed by atoms with Crippen molar-refractivity contribution in [1.82, 2.24) is 14.7 Å². The van der Waals surface area contributed by atoms with Crippen LogP contribution in [0, 0.1) is 0 Å². The van der Waals surface area contributed by atoms with Crippen LogP contribution >= 0.6 is 0 Å². The summed E-state index contributed by atoms with van der Waals surface area (Å²) in [5.41, 5.74) is 0. The fraction of sp³-hybridized carbons (Fsp3) is 0.857. The van der Waals surface area contributed by atoms with E-state index in [0.717, 1.165) is 19.5 Å². The normalized spacial score (nSPS) is 28.7. The van der Waals surface area contributed by atoms with Crippen molar-refractivity contribution in [1.29, 1.82) is 0 Å². The molecule has 0 aromatic carbocycles. The largest absolute Gasteiger partial charge is 0.480 e. The number of carboxylic acids is 1. The second-order valence-corrected chi connectivity index (χ2v) is 5.96. The van der Waals surface area contributed by atoms with Gasteiger partial charge >= 0.3 is 12.0 Å². The van der Waals surface area contributed by atoms with Crippen molar-refractivity contribution in [3.63, 3.8) is 0 Å². The van der Waals surface area contributed by atoms with Crippen molar-refractivity contribution in [2.75, 3.05) is 32.7 Å². The summed E-state index contributed by atoms with van der Waals surface area (Å²) >= 11 is 0. The number of piperazine rings is 1. The van der Waals surface area contributed by atoms with Crippen molar-refractivity contribution in [2.45, 2.75) is 44.9 Å². The van der Waals surface area contributed by atoms with E-state index in [-0.39, 0.29) is 19.0 Å². The highest BCUT2D eigenvalue weighted by molar-refractivity contribution is 5.83. The zero-order valence-electron chi connectivity index (χ0n) is 12.7. The van der Waals surface area contributed by atoms with Gasteiger partial charge in [0.1, 0.15) is 6.04 Å². The number of hydrogen-bond acceptors (Lipinski definition) is 4. The van der Waals surface area contributed by atoms with Gasteiger partial charge in [-0.15, -0.1) is 0 Å². The van der Waals surface area contributed by atoms with Crippen LogP contribution in [0.25, 0.3) is 0 Å². The zero-order chi connectivity index (χ0) is 15.6. The molecule has 0 bridgehead atoms. The highest BCUT2D eigenvalue weighted by atomic mass is 16.4. The van der Waals surface area contributed by atoms with Gasteiger partial charge in [0.05, 0.1) is 6.10 Å². The molecule has 2 N–H and O–H groups in total. The molecule has 7 nitrogen and oxygen atoms in total. The topological polar surface area (TPSA) is 84.3 Å². The second-order valence-electron chi connectivity index (χ2n) is 5.96. The van der Waals surface area contributed by atoms with E-state index in [4.69, 9.17) is 5.11 Å². The minimum Gasteiger partial charge on any atom is -0.480 e. The van der Waals surface area contributed by atoms with Crippen molar-refractivity contribution in [3.05, 3.63) is 0 Å². The number of aliphatic carboxylic acids is 1. The molecule has 0 spiro atoms. The predicted octanol–water partition coefficient (Wildman–Crippen LogP) is 0.0423. The van der Waals surface area contributed by atoms with Crippen LogP contribution < -0.4 is 0 Å². The van der Waals surface area contributed by atoms with Gasteiger partial charge in [0.25, 0.3) is 0 Å². The van der Waals surface area contributed by atoms with Crippen molar-refractivity contribution >= 4 is 12.0 Å². The molecule has 2 saturated heterocycles. The molecule has 21 heavy (non-hydrogen) atoms. The highest BCUT2D eigenvalue weighted by Gasteiger charge is 2.41. The van der Waals surface area contributed by atoms with Crippen LogP contribution in [0.1, 0.15) is 26.7 Å². The van der Waals surface area contributed by atoms with E-state index in [1.807, 2.05) is 0 Å². The molecule has 7 heteroatoms. The molecule has 0 aliphatic carbocycles. The number of urea groups is 1. The molecule has 2 rings (SSSR count). The number of hydrogen-bond donors (Lipinski definition) is 2. The summed E-state index contributed by atoms with van der Waals surface area (Å²) in [7, 11) is 0. The maximum atomic E-state index is 12.5. The Morgan fingerprint density at radius 1 is 1.24 bits per heavy atom. The summed E-state index contributed by atoms with van der Waals surface area (Å²) in [5, 5.41) is 18.8. The number of aliphatic hydroxyl groups excluding tert-OH is 1. The van der Waals surface area contributed by atoms with Gasteiger partial charge in [-0.25, -0.2) is 9.59 Å². The van der Waals surface area contributed by atoms with Gasteiger partial charge in [0.15, 0.2) is 0 Å². The maximum Gasteiger partial charge on any atom is 0.326 e. The number of carbonyl (C=O) groups excluding carboxylic acids is 1. The molecule has 2 aliphatic heterocycles. The van der Waals surface area contributed by atoms with Crippen molar-refractivity contribution in [2.24, 2.45) is 0 Å². The van der Waals surface area contributed by atoms with E-state index in [0.29, 0.717) is 19.1 Å². The van der Waals surface area contributed by atoms with Crippen LogP contribution in [-0.2, 0) is 4.79 Å². The van der Waals surface area contributed by atoms with E-state index in [1.54, 1.807) is 4.90 Å². The number of aliphatic hydroxyl groups is 1. The Hall–Kier alpha value is -1.34. The molecule has 2 aliphatic rings. The van der Waals surface area contributed by atoms with Gasteiger partial charge in [-0.05, 0) is 13.3 Å². The lowest BCUT2D eigenvalue weighted by molar-refractivity contribution is -0.141. The van der Waals surface area contributed by atoms with Crippen molar-refractivity contribution < 1.29 is 19.8 Å². The minimum atomic E-state index is -1.04. The minimum absolute atomic E-state index is 0.112. The van der Waals surface area contributed by atoms with Crippen LogP contribution in [0.5, 0.6) is 0 Å². The number of rotatable bonds is 3. The highest BCUT2D eigenvalue weighted by Crippen LogP contribution is 2.21. The van der Waals surface area contributed by atoms with E-state index in [2.05, 4.69) is 18.7 Å². The summed E-state index contributed by atoms with van der Waals surface area (Å²) in [6.07, 6.45) is 0.456. The monoisotopic (exact) mass is 299 g/mol. The molecule has 2 fully saturated rings. The Morgan fingerprint density at radius 3 is 2.38 bits per heavy atom. The third-order valence-corrected chi connectivity index (χ3v) is 4.61. The smallest absolute Gasteiger partial charge is 0.326 e. The first kappa shape index (κ1) is 16.0. The first-order valence-corrected chi connectivity index (χ1v) is 7.64. The lowest BCUT2D eigenvalue weighted by Crippen LogP contribution is -2.56. The summed E-state index contributed by atoms with van der Waals surface area (Å²) in [5.74, 6) is -1.04. The standard InChI is InChI=1S/C14H25N3O4/c1-3-10(2)15-4-6-16(7-5-15)14(21)17-9-11(18)8-12(17)13(19)20/h10-12,18H,3-9H2,1-2H3,(H,19,20).